The van der Waals surface area contributed by atoms with E-state index in [1.165, 1.54) is 18.3 Å². The second kappa shape index (κ2) is 10.5. The third-order valence-electron chi connectivity index (χ3n) is 5.53. The lowest BCUT2D eigenvalue weighted by molar-refractivity contribution is 0.0827. The molecule has 174 valence electrons. The summed E-state index contributed by atoms with van der Waals surface area (Å²) in [6.07, 6.45) is 2.99. The van der Waals surface area contributed by atoms with Gasteiger partial charge in [0.05, 0.1) is 16.3 Å². The van der Waals surface area contributed by atoms with E-state index >= 15 is 0 Å². The normalized spacial score (nSPS) is 13.8. The number of aromatic nitrogens is 1. The van der Waals surface area contributed by atoms with Gasteiger partial charge in [0.1, 0.15) is 11.6 Å². The molecular weight excluding hydrogens is 459 g/mol. The van der Waals surface area contributed by atoms with Gasteiger partial charge < -0.3 is 20.8 Å². The molecule has 0 unspecified atom stereocenters. The summed E-state index contributed by atoms with van der Waals surface area (Å²) in [5, 5.41) is 14.1. The van der Waals surface area contributed by atoms with E-state index in [1.54, 1.807) is 30.3 Å². The van der Waals surface area contributed by atoms with E-state index in [1.807, 2.05) is 0 Å². The molecule has 1 fully saturated rings. The maximum absolute atomic E-state index is 13.9. The largest absolute Gasteiger partial charge is 0.381 e. The number of carbonyl (C=O) groups is 2. The van der Waals surface area contributed by atoms with E-state index in [-0.39, 0.29) is 23.0 Å². The second-order valence-corrected chi connectivity index (χ2v) is 8.27. The first-order valence-electron chi connectivity index (χ1n) is 10.7. The van der Waals surface area contributed by atoms with E-state index in [0.717, 1.165) is 30.5 Å². The van der Waals surface area contributed by atoms with Crippen LogP contribution in [0.5, 0.6) is 0 Å². The number of nitrogens with zero attached hydrogens (tertiary/aromatic N) is 1. The smallest absolute Gasteiger partial charge is 0.259 e. The highest BCUT2D eigenvalue weighted by Gasteiger charge is 2.20. The average Bonchev–Trinajstić information content (AvgIpc) is 2.86. The first kappa shape index (κ1) is 23.5. The maximum Gasteiger partial charge on any atom is 0.259 e. The molecule has 0 aliphatic carbocycles. The Morgan fingerprint density at radius 3 is 2.35 bits per heavy atom. The van der Waals surface area contributed by atoms with Crippen LogP contribution in [0.1, 0.15) is 39.1 Å². The highest BCUT2D eigenvalue weighted by Crippen LogP contribution is 2.22. The van der Waals surface area contributed by atoms with Crippen LogP contribution in [0.15, 0.2) is 60.8 Å². The topological polar surface area (TPSA) is 104 Å². The third kappa shape index (κ3) is 5.65. The Bertz CT molecular complexity index is 1210. The summed E-state index contributed by atoms with van der Waals surface area (Å²) < 4.78 is 19.2. The van der Waals surface area contributed by atoms with Gasteiger partial charge in [-0.15, -0.1) is 0 Å². The summed E-state index contributed by atoms with van der Waals surface area (Å²) in [5.74, 6) is -1.34. The number of carbonyl (C=O) groups excluding carboxylic acids is 2. The van der Waals surface area contributed by atoms with Crippen molar-refractivity contribution < 1.29 is 18.7 Å². The van der Waals surface area contributed by atoms with Crippen molar-refractivity contribution in [2.24, 2.45) is 5.92 Å². The molecule has 0 spiro atoms. The summed E-state index contributed by atoms with van der Waals surface area (Å²) in [6, 6.07) is 13.3. The lowest BCUT2D eigenvalue weighted by Crippen LogP contribution is -2.23. The van der Waals surface area contributed by atoms with Gasteiger partial charge in [-0.2, -0.15) is 0 Å². The number of benzene rings is 2. The van der Waals surface area contributed by atoms with Gasteiger partial charge >= 0.3 is 0 Å². The van der Waals surface area contributed by atoms with Crippen LogP contribution in [-0.4, -0.2) is 35.7 Å². The summed E-state index contributed by atoms with van der Waals surface area (Å²) in [6.45, 7) is 1.30. The van der Waals surface area contributed by atoms with Crippen molar-refractivity contribution in [2.45, 2.75) is 12.8 Å². The zero-order chi connectivity index (χ0) is 24.1. The average molecular weight is 481 g/mol. The number of nitrogens with one attached hydrogen (secondary N) is 3. The molecule has 1 saturated heterocycles. The van der Waals surface area contributed by atoms with Crippen LogP contribution in [0.3, 0.4) is 0 Å². The highest BCUT2D eigenvalue weighted by atomic mass is 35.5. The van der Waals surface area contributed by atoms with Gasteiger partial charge in [-0.1, -0.05) is 23.7 Å². The fourth-order valence-corrected chi connectivity index (χ4v) is 3.78. The lowest BCUT2D eigenvalue weighted by Gasteiger charge is -2.23. The fraction of sp³-hybridized carbons (Fsp3) is 0.200. The van der Waals surface area contributed by atoms with Crippen LogP contribution in [0.25, 0.3) is 0 Å². The van der Waals surface area contributed by atoms with Crippen molar-refractivity contribution in [3.8, 4) is 0 Å². The number of ether oxygens (including phenoxy) is 1. The molecule has 2 amide bonds. The quantitative estimate of drug-likeness (QED) is 0.423. The molecule has 1 aliphatic heterocycles. The molecule has 7 nitrogen and oxygen atoms in total. The number of anilines is 2. The number of halogens is 2. The predicted molar refractivity (Wildman–Crippen MR) is 128 cm³/mol. The van der Waals surface area contributed by atoms with Gasteiger partial charge in [0, 0.05) is 36.6 Å². The molecule has 0 bridgehead atoms. The number of rotatable bonds is 6. The minimum atomic E-state index is -0.634. The number of hydrogen-bond donors (Lipinski definition) is 3. The Balaban J connectivity index is 1.47. The maximum atomic E-state index is 13.9. The molecule has 9 heteroatoms. The van der Waals surface area contributed by atoms with Crippen molar-refractivity contribution in [3.05, 3.63) is 88.3 Å². The van der Waals surface area contributed by atoms with Crippen LogP contribution < -0.4 is 10.6 Å². The molecule has 0 radical (unpaired) electrons. The van der Waals surface area contributed by atoms with Crippen molar-refractivity contribution in [1.82, 2.24) is 4.98 Å². The van der Waals surface area contributed by atoms with Crippen LogP contribution >= 0.6 is 11.6 Å². The summed E-state index contributed by atoms with van der Waals surface area (Å²) in [7, 11) is 0. The second-order valence-electron chi connectivity index (χ2n) is 7.84. The molecular formula is C25H22ClFN4O3. The van der Waals surface area contributed by atoms with Crippen molar-refractivity contribution >= 4 is 40.6 Å². The Hall–Kier alpha value is -3.62. The van der Waals surface area contributed by atoms with Gasteiger partial charge in [-0.05, 0) is 60.9 Å². The lowest BCUT2D eigenvalue weighted by atomic mass is 9.90. The summed E-state index contributed by atoms with van der Waals surface area (Å²) in [4.78, 5) is 29.5. The van der Waals surface area contributed by atoms with Crippen LogP contribution in [0.2, 0.25) is 5.02 Å². The molecule has 3 aromatic rings. The van der Waals surface area contributed by atoms with Gasteiger partial charge in [0.25, 0.3) is 11.8 Å². The minimum absolute atomic E-state index is 0.0528. The number of hydrogen-bond acceptors (Lipinski definition) is 5. The fourth-order valence-electron chi connectivity index (χ4n) is 3.66. The molecule has 0 saturated carbocycles. The Kier molecular flexibility index (Phi) is 7.30. The minimum Gasteiger partial charge on any atom is -0.381 e. The Morgan fingerprint density at radius 1 is 0.971 bits per heavy atom. The van der Waals surface area contributed by atoms with E-state index in [9.17, 15) is 14.0 Å². The van der Waals surface area contributed by atoms with E-state index in [2.05, 4.69) is 15.6 Å². The van der Waals surface area contributed by atoms with Crippen molar-refractivity contribution in [1.29, 1.82) is 5.41 Å². The molecule has 1 aliphatic rings. The van der Waals surface area contributed by atoms with Gasteiger partial charge in [-0.25, -0.2) is 9.37 Å². The molecule has 4 rings (SSSR count). The van der Waals surface area contributed by atoms with Gasteiger partial charge in [0.2, 0.25) is 0 Å². The van der Waals surface area contributed by atoms with Crippen LogP contribution in [0.4, 0.5) is 15.9 Å². The number of amides is 2. The van der Waals surface area contributed by atoms with E-state index in [0.29, 0.717) is 29.5 Å². The SMILES string of the molecule is N=C(c1ccc(C(=O)Nc2ccc(F)cc2C(=O)Nc2ccc(Cl)cn2)cc1)C1CCOCC1. The first-order valence-corrected chi connectivity index (χ1v) is 11.1. The van der Waals surface area contributed by atoms with Crippen molar-refractivity contribution in [2.75, 3.05) is 23.8 Å². The molecule has 34 heavy (non-hydrogen) atoms. The highest BCUT2D eigenvalue weighted by molar-refractivity contribution is 6.30. The zero-order valence-electron chi connectivity index (χ0n) is 18.1. The Labute approximate surface area is 200 Å². The zero-order valence-corrected chi connectivity index (χ0v) is 18.9. The number of pyridine rings is 1. The third-order valence-corrected chi connectivity index (χ3v) is 5.75. The Morgan fingerprint density at radius 2 is 1.68 bits per heavy atom. The van der Waals surface area contributed by atoms with Gasteiger partial charge in [-0.3, -0.25) is 9.59 Å². The molecule has 2 aromatic carbocycles. The van der Waals surface area contributed by atoms with Crippen molar-refractivity contribution in [3.63, 3.8) is 0 Å². The molecule has 3 N–H and O–H groups in total. The molecule has 0 atom stereocenters. The molecule has 2 heterocycles. The summed E-state index contributed by atoms with van der Waals surface area (Å²) in [5.41, 5.74) is 1.72. The monoisotopic (exact) mass is 480 g/mol. The standard InChI is InChI=1S/C25H22ClFN4O3/c26-18-5-8-22(29-14-18)31-25(33)20-13-19(27)6-7-21(20)30-24(32)17-3-1-15(2-4-17)23(28)16-9-11-34-12-10-16/h1-8,13-14,16,28H,9-12H2,(H,30,32)(H,29,31,33). The van der Waals surface area contributed by atoms with E-state index < -0.39 is 17.6 Å². The van der Waals surface area contributed by atoms with Gasteiger partial charge in [0.15, 0.2) is 0 Å². The molecule has 1 aromatic heterocycles. The van der Waals surface area contributed by atoms with Crippen LogP contribution in [-0.2, 0) is 4.74 Å². The first-order chi connectivity index (χ1) is 16.4. The predicted octanol–water partition coefficient (Wildman–Crippen LogP) is 5.17. The summed E-state index contributed by atoms with van der Waals surface area (Å²) >= 11 is 5.80. The van der Waals surface area contributed by atoms with Crippen LogP contribution in [0, 0.1) is 17.1 Å². The van der Waals surface area contributed by atoms with E-state index in [4.69, 9.17) is 21.7 Å².